The molecule has 32 heavy (non-hydrogen) atoms. The first-order valence-electron chi connectivity index (χ1n) is 9.30. The molecule has 3 aromatic carbocycles. The standard InChI is InChI=1S/C9H13N.C7H7FIN.C7H8FN.Cl2I/c1-10(2)8-9-6-4-3-5-7-9;1-4-2-6(9)7(10)3-5(4)8;1-5-2-3-6(9)4-7(5)8;1-3-2/h3-7H,8H2,1-2H3;2-3H,10H2,1H3;2-4H,9H2,1H3;/q;;;-1. The molecule has 0 amide bonds. The molecule has 0 atom stereocenters. The van der Waals surface area contributed by atoms with Crippen molar-refractivity contribution >= 4 is 51.8 Å². The second-order valence-corrected chi connectivity index (χ2v) is 11.3. The molecule has 3 rings (SSSR count). The summed E-state index contributed by atoms with van der Waals surface area (Å²) in [7, 11) is 13.9. The molecule has 0 fully saturated rings. The van der Waals surface area contributed by atoms with E-state index in [0.29, 0.717) is 22.5 Å². The summed E-state index contributed by atoms with van der Waals surface area (Å²) in [5, 5.41) is 0. The molecule has 3 aromatic rings. The van der Waals surface area contributed by atoms with Gasteiger partial charge in [-0.3, -0.25) is 0 Å². The van der Waals surface area contributed by atoms with E-state index in [1.165, 1.54) is 17.7 Å². The first-order chi connectivity index (χ1) is 15.0. The topological polar surface area (TPSA) is 55.3 Å². The number of benzene rings is 3. The molecule has 4 N–H and O–H groups in total. The minimum absolute atomic E-state index is 0.238. The van der Waals surface area contributed by atoms with E-state index in [9.17, 15) is 8.78 Å². The number of halogens is 6. The number of anilines is 2. The van der Waals surface area contributed by atoms with Crippen LogP contribution in [-0.2, 0) is 6.54 Å². The van der Waals surface area contributed by atoms with Crippen molar-refractivity contribution in [2.45, 2.75) is 20.4 Å². The second-order valence-electron chi connectivity index (χ2n) is 6.91. The number of aryl methyl sites for hydroxylation is 2. The van der Waals surface area contributed by atoms with Crippen LogP contribution in [0.3, 0.4) is 0 Å². The fourth-order valence-electron chi connectivity index (χ4n) is 2.22. The van der Waals surface area contributed by atoms with Gasteiger partial charge >= 0.3 is 36.8 Å². The molecule has 178 valence electrons. The first kappa shape index (κ1) is 31.1. The van der Waals surface area contributed by atoms with Crippen LogP contribution in [0.5, 0.6) is 0 Å². The molecule has 0 unspecified atom stereocenters. The van der Waals surface area contributed by atoms with Gasteiger partial charge in [0, 0.05) is 21.5 Å². The zero-order chi connectivity index (χ0) is 24.7. The van der Waals surface area contributed by atoms with Gasteiger partial charge in [0.05, 0.1) is 0 Å². The molecular weight excluding hydrogens is 681 g/mol. The van der Waals surface area contributed by atoms with Gasteiger partial charge in [0.15, 0.2) is 0 Å². The van der Waals surface area contributed by atoms with Crippen molar-refractivity contribution in [3.63, 3.8) is 0 Å². The number of hydrogen-bond acceptors (Lipinski definition) is 3. The van der Waals surface area contributed by atoms with E-state index < -0.39 is 18.9 Å². The third-order valence-corrected chi connectivity index (χ3v) is 4.75. The Balaban J connectivity index is 0.000000425. The zero-order valence-electron chi connectivity index (χ0n) is 18.4. The number of nitrogens with two attached hydrogens (primary N) is 2. The van der Waals surface area contributed by atoms with Gasteiger partial charge in [0.2, 0.25) is 0 Å². The van der Waals surface area contributed by atoms with E-state index in [4.69, 9.17) is 29.3 Å². The maximum atomic E-state index is 12.7. The molecule has 0 saturated carbocycles. The molecule has 0 bridgehead atoms. The second kappa shape index (κ2) is 17.6. The Morgan fingerprint density at radius 3 is 1.84 bits per heavy atom. The van der Waals surface area contributed by atoms with Gasteiger partial charge in [-0.1, -0.05) is 36.4 Å². The third kappa shape index (κ3) is 14.3. The van der Waals surface area contributed by atoms with Crippen LogP contribution in [0, 0.1) is 29.1 Å². The molecule has 0 aliphatic heterocycles. The predicted molar refractivity (Wildman–Crippen MR) is 139 cm³/mol. The van der Waals surface area contributed by atoms with Gasteiger partial charge < -0.3 is 16.4 Å². The third-order valence-electron chi connectivity index (χ3n) is 3.82. The average Bonchev–Trinajstić information content (AvgIpc) is 2.71. The molecule has 0 aliphatic carbocycles. The molecule has 0 spiro atoms. The maximum absolute atomic E-state index is 12.7. The summed E-state index contributed by atoms with van der Waals surface area (Å²) in [6.07, 6.45) is 0. The van der Waals surface area contributed by atoms with E-state index in [1.54, 1.807) is 32.0 Å². The Morgan fingerprint density at radius 2 is 1.41 bits per heavy atom. The number of rotatable bonds is 2. The van der Waals surface area contributed by atoms with Gasteiger partial charge in [0.25, 0.3) is 0 Å². The molecule has 0 aromatic heterocycles. The van der Waals surface area contributed by atoms with Gasteiger partial charge in [-0.2, -0.15) is 0 Å². The molecule has 0 aliphatic rings. The Bertz CT molecular complexity index is 880. The van der Waals surface area contributed by atoms with Crippen LogP contribution in [0.1, 0.15) is 16.7 Å². The molecule has 9 heteroatoms. The van der Waals surface area contributed by atoms with E-state index in [-0.39, 0.29) is 11.6 Å². The summed E-state index contributed by atoms with van der Waals surface area (Å²) in [5.41, 5.74) is 14.3. The van der Waals surface area contributed by atoms with Gasteiger partial charge in [-0.05, 0) is 91.5 Å². The molecule has 3 nitrogen and oxygen atoms in total. The molecule has 0 heterocycles. The molecule has 0 saturated heterocycles. The fraction of sp³-hybridized carbons (Fsp3) is 0.217. The van der Waals surface area contributed by atoms with E-state index in [1.807, 2.05) is 6.07 Å². The fourth-order valence-corrected chi connectivity index (χ4v) is 2.84. The van der Waals surface area contributed by atoms with E-state index in [2.05, 4.69) is 65.9 Å². The van der Waals surface area contributed by atoms with Crippen LogP contribution in [-0.4, -0.2) is 19.0 Å². The predicted octanol–water partition coefficient (Wildman–Crippen LogP) is 4.17. The van der Waals surface area contributed by atoms with Crippen molar-refractivity contribution in [3.8, 4) is 0 Å². The average molecular weight is 709 g/mol. The first-order valence-corrected chi connectivity index (χ1v) is 15.8. The van der Waals surface area contributed by atoms with Crippen LogP contribution in [0.4, 0.5) is 20.2 Å². The number of nitrogen functional groups attached to an aromatic ring is 2. The van der Waals surface area contributed by atoms with Crippen LogP contribution >= 0.6 is 40.4 Å². The van der Waals surface area contributed by atoms with E-state index in [0.717, 1.165) is 10.1 Å². The van der Waals surface area contributed by atoms with Crippen LogP contribution in [0.15, 0.2) is 60.7 Å². The van der Waals surface area contributed by atoms with Crippen molar-refractivity contribution in [3.05, 3.63) is 92.6 Å². The summed E-state index contributed by atoms with van der Waals surface area (Å²) in [5.74, 6) is -0.479. The molecule has 0 radical (unpaired) electrons. The SMILES string of the molecule is CN(C)Cc1ccccc1.Cc1cc(I)c(N)cc1F.Cc1ccc(N)cc1F.Cl[I-]Cl. The summed E-state index contributed by atoms with van der Waals surface area (Å²) in [6.45, 7) is 4.45. The normalized spacial score (nSPS) is 9.69. The van der Waals surface area contributed by atoms with Crippen LogP contribution < -0.4 is 30.4 Å². The van der Waals surface area contributed by atoms with Gasteiger partial charge in [-0.25, -0.2) is 8.78 Å². The quantitative estimate of drug-likeness (QED) is 0.311. The Hall–Kier alpha value is -0.880. The van der Waals surface area contributed by atoms with Crippen molar-refractivity contribution in [2.24, 2.45) is 0 Å². The van der Waals surface area contributed by atoms with Gasteiger partial charge in [0.1, 0.15) is 11.6 Å². The van der Waals surface area contributed by atoms with Crippen LogP contribution in [0.25, 0.3) is 0 Å². The molecular formula is C23H28Cl2F2I2N3-. The Morgan fingerprint density at radius 1 is 0.875 bits per heavy atom. The Kier molecular flexibility index (Phi) is 17.1. The summed E-state index contributed by atoms with van der Waals surface area (Å²) in [6, 6.07) is 18.2. The summed E-state index contributed by atoms with van der Waals surface area (Å²) in [4.78, 5) is 2.16. The van der Waals surface area contributed by atoms with Gasteiger partial charge in [-0.15, -0.1) is 0 Å². The minimum atomic E-state index is -0.466. The number of nitrogens with zero attached hydrogens (tertiary/aromatic N) is 1. The van der Waals surface area contributed by atoms with Crippen molar-refractivity contribution in [2.75, 3.05) is 25.6 Å². The monoisotopic (exact) mass is 708 g/mol. The van der Waals surface area contributed by atoms with Crippen molar-refractivity contribution < 1.29 is 27.7 Å². The Labute approximate surface area is 221 Å². The van der Waals surface area contributed by atoms with Crippen LogP contribution in [0.2, 0.25) is 0 Å². The number of hydrogen-bond donors (Lipinski definition) is 2. The summed E-state index contributed by atoms with van der Waals surface area (Å²) >= 11 is 1.61. The van der Waals surface area contributed by atoms with E-state index >= 15 is 0 Å². The zero-order valence-corrected chi connectivity index (χ0v) is 24.2. The van der Waals surface area contributed by atoms with Crippen molar-refractivity contribution in [1.82, 2.24) is 4.90 Å². The van der Waals surface area contributed by atoms with Crippen molar-refractivity contribution in [1.29, 1.82) is 0 Å². The summed E-state index contributed by atoms with van der Waals surface area (Å²) < 4.78 is 26.1.